The maximum absolute atomic E-state index is 14.1. The van der Waals surface area contributed by atoms with Gasteiger partial charge in [0.25, 0.3) is 5.91 Å². The van der Waals surface area contributed by atoms with Gasteiger partial charge in [-0.1, -0.05) is 29.8 Å². The molecular formula is C27H24F4N8O. The Labute approximate surface area is 225 Å². The van der Waals surface area contributed by atoms with Crippen LogP contribution in [0.5, 0.6) is 0 Å². The van der Waals surface area contributed by atoms with E-state index in [0.29, 0.717) is 21.4 Å². The number of carbonyl (C=O) groups excluding carboxylic acids is 1. The van der Waals surface area contributed by atoms with Crippen LogP contribution in [0.15, 0.2) is 61.1 Å². The first kappa shape index (κ1) is 26.8. The molecule has 3 N–H and O–H groups in total. The first-order valence-corrected chi connectivity index (χ1v) is 12.1. The molecule has 0 aliphatic rings. The summed E-state index contributed by atoms with van der Waals surface area (Å²) >= 11 is 0. The van der Waals surface area contributed by atoms with Gasteiger partial charge in [0.1, 0.15) is 23.7 Å². The molecular weight excluding hydrogens is 528 g/mol. The van der Waals surface area contributed by atoms with Gasteiger partial charge < -0.3 is 11.1 Å². The smallest absolute Gasteiger partial charge is 0.383 e. The van der Waals surface area contributed by atoms with Crippen LogP contribution < -0.4 is 11.1 Å². The van der Waals surface area contributed by atoms with Gasteiger partial charge in [0.2, 0.25) is 0 Å². The lowest BCUT2D eigenvalue weighted by Crippen LogP contribution is -2.42. The second kappa shape index (κ2) is 9.74. The van der Waals surface area contributed by atoms with Crippen LogP contribution in [0.25, 0.3) is 28.0 Å². The Hall–Kier alpha value is -4.81. The molecule has 0 aliphatic heterocycles. The molecule has 0 saturated carbocycles. The topological polar surface area (TPSA) is 117 Å². The molecule has 3 heterocycles. The summed E-state index contributed by atoms with van der Waals surface area (Å²) in [7, 11) is 0. The molecule has 5 rings (SSSR count). The van der Waals surface area contributed by atoms with E-state index in [0.717, 1.165) is 41.6 Å². The molecule has 0 fully saturated rings. The van der Waals surface area contributed by atoms with Crippen molar-refractivity contribution in [2.75, 3.05) is 12.3 Å². The Morgan fingerprint density at radius 2 is 1.70 bits per heavy atom. The van der Waals surface area contributed by atoms with E-state index in [4.69, 9.17) is 10.8 Å². The number of hydrogen-bond donors (Lipinski definition) is 2. The number of aromatic nitrogens is 6. The molecule has 0 aliphatic carbocycles. The molecule has 40 heavy (non-hydrogen) atoms. The van der Waals surface area contributed by atoms with Crippen LogP contribution in [0.4, 0.5) is 23.4 Å². The number of amides is 1. The number of alkyl halides is 3. The second-order valence-electron chi connectivity index (χ2n) is 9.87. The summed E-state index contributed by atoms with van der Waals surface area (Å²) in [6, 6.07) is 11.9. The number of aryl methyl sites for hydroxylation is 1. The van der Waals surface area contributed by atoms with Crippen molar-refractivity contribution in [2.45, 2.75) is 32.5 Å². The van der Waals surface area contributed by atoms with Crippen molar-refractivity contribution in [3.05, 3.63) is 83.7 Å². The average molecular weight is 553 g/mol. The summed E-state index contributed by atoms with van der Waals surface area (Å²) < 4.78 is 57.6. The number of hydrogen-bond acceptors (Lipinski definition) is 6. The van der Waals surface area contributed by atoms with Crippen molar-refractivity contribution >= 4 is 22.8 Å². The van der Waals surface area contributed by atoms with Gasteiger partial charge >= 0.3 is 6.18 Å². The zero-order valence-electron chi connectivity index (χ0n) is 21.7. The molecule has 0 saturated heterocycles. The van der Waals surface area contributed by atoms with E-state index >= 15 is 0 Å². The number of fused-ring (bicyclic) bond motifs is 1. The average Bonchev–Trinajstić information content (AvgIpc) is 3.52. The summed E-state index contributed by atoms with van der Waals surface area (Å²) in [6.07, 6.45) is -2.78. The van der Waals surface area contributed by atoms with Gasteiger partial charge in [0.15, 0.2) is 11.3 Å². The number of carbonyl (C=O) groups is 1. The van der Waals surface area contributed by atoms with E-state index in [1.54, 1.807) is 18.5 Å². The highest BCUT2D eigenvalue weighted by atomic mass is 19.4. The fourth-order valence-electron chi connectivity index (χ4n) is 4.34. The van der Waals surface area contributed by atoms with E-state index in [9.17, 15) is 22.4 Å². The summed E-state index contributed by atoms with van der Waals surface area (Å²) in [6.45, 7) is 5.35. The highest BCUT2D eigenvalue weighted by molar-refractivity contribution is 5.98. The lowest BCUT2D eigenvalue weighted by molar-refractivity contribution is -0.143. The molecule has 13 heteroatoms. The molecule has 0 atom stereocenters. The number of rotatable bonds is 6. The van der Waals surface area contributed by atoms with Crippen LogP contribution in [0, 0.1) is 12.7 Å². The van der Waals surface area contributed by atoms with Gasteiger partial charge in [-0.2, -0.15) is 23.4 Å². The molecule has 1 amide bonds. The minimum atomic E-state index is -4.91. The highest BCUT2D eigenvalue weighted by Gasteiger charge is 2.41. The minimum Gasteiger partial charge on any atom is -0.383 e. The van der Waals surface area contributed by atoms with E-state index < -0.39 is 34.7 Å². The number of nitrogens with two attached hydrogens (primary N) is 1. The molecule has 9 nitrogen and oxygen atoms in total. The van der Waals surface area contributed by atoms with Crippen molar-refractivity contribution in [3.63, 3.8) is 0 Å². The van der Waals surface area contributed by atoms with Gasteiger partial charge in [-0.3, -0.25) is 4.79 Å². The first-order valence-electron chi connectivity index (χ1n) is 12.1. The van der Waals surface area contributed by atoms with Crippen LogP contribution in [0.1, 0.15) is 35.5 Å². The lowest BCUT2D eigenvalue weighted by Gasteiger charge is -2.26. The fraction of sp³-hybridized carbons (Fsp3) is 0.222. The molecule has 3 aromatic heterocycles. The van der Waals surface area contributed by atoms with Crippen LogP contribution in [0.3, 0.4) is 0 Å². The third-order valence-corrected chi connectivity index (χ3v) is 6.43. The SMILES string of the molecule is Cc1ccc(-c2nn(C(C)(C)CNC(=O)c3cnn(-c4ccc(F)cc4)c3C(F)(F)F)c3ncnc(N)c23)cc1. The normalized spacial score (nSPS) is 12.2. The van der Waals surface area contributed by atoms with Gasteiger partial charge in [-0.15, -0.1) is 0 Å². The van der Waals surface area contributed by atoms with Crippen LogP contribution in [0.2, 0.25) is 0 Å². The first-order chi connectivity index (χ1) is 18.9. The maximum Gasteiger partial charge on any atom is 0.434 e. The number of halogens is 4. The van der Waals surface area contributed by atoms with Crippen LogP contribution >= 0.6 is 0 Å². The fourth-order valence-corrected chi connectivity index (χ4v) is 4.34. The maximum atomic E-state index is 14.1. The molecule has 0 radical (unpaired) electrons. The Bertz CT molecular complexity index is 1700. The molecule has 0 bridgehead atoms. The molecule has 0 unspecified atom stereocenters. The quantitative estimate of drug-likeness (QED) is 0.290. The van der Waals surface area contributed by atoms with Crippen molar-refractivity contribution in [3.8, 4) is 16.9 Å². The zero-order chi connectivity index (χ0) is 28.8. The monoisotopic (exact) mass is 552 g/mol. The third kappa shape index (κ3) is 4.85. The molecule has 2 aromatic carbocycles. The Balaban J connectivity index is 1.48. The molecule has 5 aromatic rings. The summed E-state index contributed by atoms with van der Waals surface area (Å²) in [5, 5.41) is 11.6. The number of nitrogens with zero attached hydrogens (tertiary/aromatic N) is 6. The Kier molecular flexibility index (Phi) is 6.52. The van der Waals surface area contributed by atoms with Gasteiger partial charge in [0, 0.05) is 12.1 Å². The van der Waals surface area contributed by atoms with Gasteiger partial charge in [-0.05, 0) is 45.0 Å². The third-order valence-electron chi connectivity index (χ3n) is 6.43. The van der Waals surface area contributed by atoms with Crippen LogP contribution in [-0.2, 0) is 11.7 Å². The Morgan fingerprint density at radius 1 is 1.02 bits per heavy atom. The zero-order valence-corrected chi connectivity index (χ0v) is 21.7. The summed E-state index contributed by atoms with van der Waals surface area (Å²) in [5.41, 5.74) is 6.00. The van der Waals surface area contributed by atoms with Crippen molar-refractivity contribution in [2.24, 2.45) is 0 Å². The molecule has 206 valence electrons. The van der Waals surface area contributed by atoms with E-state index in [-0.39, 0.29) is 18.1 Å². The van der Waals surface area contributed by atoms with Crippen molar-refractivity contribution in [1.82, 2.24) is 34.8 Å². The van der Waals surface area contributed by atoms with Crippen molar-refractivity contribution in [1.29, 1.82) is 0 Å². The van der Waals surface area contributed by atoms with E-state index in [1.807, 2.05) is 31.2 Å². The highest BCUT2D eigenvalue weighted by Crippen LogP contribution is 2.35. The van der Waals surface area contributed by atoms with Gasteiger partial charge in [0.05, 0.1) is 28.4 Å². The number of nitrogens with one attached hydrogen (secondary N) is 1. The minimum absolute atomic E-state index is 0.0444. The number of anilines is 1. The largest absolute Gasteiger partial charge is 0.434 e. The second-order valence-corrected chi connectivity index (χ2v) is 9.87. The van der Waals surface area contributed by atoms with Crippen molar-refractivity contribution < 1.29 is 22.4 Å². The number of nitrogen functional groups attached to an aromatic ring is 1. The lowest BCUT2D eigenvalue weighted by atomic mass is 10.1. The predicted molar refractivity (Wildman–Crippen MR) is 140 cm³/mol. The molecule has 0 spiro atoms. The number of benzene rings is 2. The van der Waals surface area contributed by atoms with Crippen LogP contribution in [-0.4, -0.2) is 42.0 Å². The summed E-state index contributed by atoms with van der Waals surface area (Å²) in [5.74, 6) is -1.39. The van der Waals surface area contributed by atoms with E-state index in [1.165, 1.54) is 6.33 Å². The summed E-state index contributed by atoms with van der Waals surface area (Å²) in [4.78, 5) is 21.5. The predicted octanol–water partition coefficient (Wildman–Crippen LogP) is 4.89. The van der Waals surface area contributed by atoms with E-state index in [2.05, 4.69) is 20.4 Å². The Morgan fingerprint density at radius 3 is 2.35 bits per heavy atom. The standard InChI is InChI=1S/C27H24F4N8O/c1-15-4-6-16(7-5-15)21-20-23(32)34-14-35-24(20)39(37-21)26(2,3)13-33-25(40)19-12-36-38(22(19)27(29,30)31)18-10-8-17(28)9-11-18/h4-12,14H,13H2,1-3H3,(H,33,40)(H2,32,34,35). The van der Waals surface area contributed by atoms with Gasteiger partial charge in [-0.25, -0.2) is 23.7 Å².